The summed E-state index contributed by atoms with van der Waals surface area (Å²) in [5, 5.41) is 0. The minimum atomic E-state index is -2.43. The van der Waals surface area contributed by atoms with Crippen LogP contribution in [-0.2, 0) is 13.3 Å². The maximum Gasteiger partial charge on any atom is 0.500 e. The molecule has 3 nitrogen and oxygen atoms in total. The molecule has 0 bridgehead atoms. The monoisotopic (exact) mass is 248 g/mol. The van der Waals surface area contributed by atoms with E-state index in [0.29, 0.717) is 0 Å². The molecule has 0 rings (SSSR count). The predicted octanol–water partition coefficient (Wildman–Crippen LogP) is 3.61. The first kappa shape index (κ1) is 16.1. The van der Waals surface area contributed by atoms with Crippen LogP contribution in [0, 0.1) is 0 Å². The van der Waals surface area contributed by atoms with Crippen molar-refractivity contribution in [2.24, 2.45) is 0 Å². The summed E-state index contributed by atoms with van der Waals surface area (Å²) in [4.78, 5) is 0. The molecule has 0 aromatic heterocycles. The number of rotatable bonds is 8. The Morgan fingerprint density at radius 2 is 1.50 bits per heavy atom. The summed E-state index contributed by atoms with van der Waals surface area (Å²) in [5.41, 5.74) is -0.205. The smallest absolute Gasteiger partial charge is 0.377 e. The van der Waals surface area contributed by atoms with E-state index in [9.17, 15) is 0 Å². The van der Waals surface area contributed by atoms with Crippen LogP contribution in [-0.4, -0.2) is 28.6 Å². The van der Waals surface area contributed by atoms with Crippen molar-refractivity contribution in [3.63, 3.8) is 0 Å². The molecule has 0 amide bonds. The Hall–Kier alpha value is 0.0969. The van der Waals surface area contributed by atoms with Crippen LogP contribution in [0.5, 0.6) is 0 Å². The maximum atomic E-state index is 6.00. The highest BCUT2D eigenvalue weighted by molar-refractivity contribution is 6.60. The number of hydrogen-bond donors (Lipinski definition) is 0. The van der Waals surface area contributed by atoms with Crippen molar-refractivity contribution in [1.29, 1.82) is 0 Å². The summed E-state index contributed by atoms with van der Waals surface area (Å²) in [6, 6.07) is 0.914. The van der Waals surface area contributed by atoms with Gasteiger partial charge in [-0.15, -0.1) is 0 Å². The van der Waals surface area contributed by atoms with Gasteiger partial charge in [-0.05, 0) is 27.2 Å². The summed E-state index contributed by atoms with van der Waals surface area (Å²) < 4.78 is 17.1. The highest BCUT2D eigenvalue weighted by Gasteiger charge is 2.41. The van der Waals surface area contributed by atoms with Gasteiger partial charge in [0.15, 0.2) is 0 Å². The van der Waals surface area contributed by atoms with Crippen molar-refractivity contribution in [2.75, 3.05) is 14.2 Å². The highest BCUT2D eigenvalue weighted by Crippen LogP contribution is 2.24. The van der Waals surface area contributed by atoms with Gasteiger partial charge in [-0.3, -0.25) is 0 Å². The quantitative estimate of drug-likeness (QED) is 0.485. The molecule has 0 fully saturated rings. The summed E-state index contributed by atoms with van der Waals surface area (Å²) >= 11 is 0. The zero-order chi connectivity index (χ0) is 12.7. The lowest BCUT2D eigenvalue weighted by Gasteiger charge is -2.33. The fourth-order valence-electron chi connectivity index (χ4n) is 1.66. The molecule has 0 radical (unpaired) electrons. The molecular formula is C12H28O3Si. The average molecular weight is 248 g/mol. The molecule has 0 aromatic carbocycles. The molecular weight excluding hydrogens is 220 g/mol. The lowest BCUT2D eigenvalue weighted by atomic mass is 10.2. The maximum absolute atomic E-state index is 6.00. The normalized spacial score (nSPS) is 13.1. The average Bonchev–Trinajstić information content (AvgIpc) is 2.21. The summed E-state index contributed by atoms with van der Waals surface area (Å²) in [6.45, 7) is 8.33. The zero-order valence-electron chi connectivity index (χ0n) is 11.8. The highest BCUT2D eigenvalue weighted by atomic mass is 28.4. The molecule has 4 heteroatoms. The van der Waals surface area contributed by atoms with Gasteiger partial charge in [0.05, 0.1) is 5.60 Å². The van der Waals surface area contributed by atoms with E-state index in [4.69, 9.17) is 13.3 Å². The summed E-state index contributed by atoms with van der Waals surface area (Å²) in [7, 11) is 0.963. The Morgan fingerprint density at radius 1 is 0.938 bits per heavy atom. The molecule has 0 unspecified atom stereocenters. The number of hydrogen-bond acceptors (Lipinski definition) is 3. The minimum Gasteiger partial charge on any atom is -0.377 e. The number of unbranched alkanes of at least 4 members (excludes halogenated alkanes) is 3. The van der Waals surface area contributed by atoms with Crippen LogP contribution in [0.1, 0.15) is 53.4 Å². The molecule has 0 aromatic rings. The van der Waals surface area contributed by atoms with Gasteiger partial charge in [0, 0.05) is 20.3 Å². The molecule has 16 heavy (non-hydrogen) atoms. The molecule has 0 aliphatic carbocycles. The Balaban J connectivity index is 4.21. The van der Waals surface area contributed by atoms with Gasteiger partial charge in [-0.25, -0.2) is 0 Å². The van der Waals surface area contributed by atoms with E-state index in [1.165, 1.54) is 19.3 Å². The Labute approximate surface area is 102 Å². The van der Waals surface area contributed by atoms with Gasteiger partial charge in [0.2, 0.25) is 0 Å². The van der Waals surface area contributed by atoms with Crippen molar-refractivity contribution in [3.8, 4) is 0 Å². The van der Waals surface area contributed by atoms with Crippen molar-refractivity contribution < 1.29 is 13.3 Å². The van der Waals surface area contributed by atoms with Gasteiger partial charge in [0.1, 0.15) is 0 Å². The summed E-state index contributed by atoms with van der Waals surface area (Å²) in [5.74, 6) is 0. The molecule has 0 saturated heterocycles. The molecule has 0 N–H and O–H groups in total. The van der Waals surface area contributed by atoms with E-state index >= 15 is 0 Å². The van der Waals surface area contributed by atoms with Gasteiger partial charge in [0.25, 0.3) is 0 Å². The van der Waals surface area contributed by atoms with E-state index in [-0.39, 0.29) is 5.60 Å². The first-order valence-corrected chi connectivity index (χ1v) is 8.13. The third-order valence-corrected chi connectivity index (χ3v) is 5.55. The fourth-order valence-corrected chi connectivity index (χ4v) is 4.12. The lowest BCUT2D eigenvalue weighted by Crippen LogP contribution is -2.48. The van der Waals surface area contributed by atoms with Gasteiger partial charge >= 0.3 is 8.80 Å². The molecule has 0 heterocycles. The van der Waals surface area contributed by atoms with Crippen LogP contribution in [0.15, 0.2) is 0 Å². The fraction of sp³-hybridized carbons (Fsp3) is 1.00. The first-order chi connectivity index (χ1) is 7.39. The first-order valence-electron chi connectivity index (χ1n) is 6.19. The van der Waals surface area contributed by atoms with Crippen LogP contribution in [0.3, 0.4) is 0 Å². The van der Waals surface area contributed by atoms with Crippen LogP contribution in [0.25, 0.3) is 0 Å². The third-order valence-electron chi connectivity index (χ3n) is 2.42. The van der Waals surface area contributed by atoms with Crippen molar-refractivity contribution in [2.45, 2.75) is 65.0 Å². The molecule has 0 atom stereocenters. The molecule has 0 saturated carbocycles. The molecule has 0 aliphatic heterocycles. The minimum absolute atomic E-state index is 0.205. The van der Waals surface area contributed by atoms with Crippen molar-refractivity contribution >= 4 is 8.80 Å². The van der Waals surface area contributed by atoms with E-state index in [1.54, 1.807) is 14.2 Å². The van der Waals surface area contributed by atoms with Gasteiger partial charge < -0.3 is 13.3 Å². The van der Waals surface area contributed by atoms with Crippen molar-refractivity contribution in [3.05, 3.63) is 0 Å². The second-order valence-corrected chi connectivity index (χ2v) is 8.00. The van der Waals surface area contributed by atoms with Crippen LogP contribution < -0.4 is 0 Å². The molecule has 98 valence electrons. The second kappa shape index (κ2) is 7.43. The Kier molecular flexibility index (Phi) is 7.47. The molecule has 0 spiro atoms. The van der Waals surface area contributed by atoms with Crippen LogP contribution in [0.2, 0.25) is 6.04 Å². The SMILES string of the molecule is CCCCCC[Si](OC)(OC)OC(C)(C)C. The predicted molar refractivity (Wildman–Crippen MR) is 69.6 cm³/mol. The molecule has 0 aliphatic rings. The Morgan fingerprint density at radius 3 is 1.88 bits per heavy atom. The van der Waals surface area contributed by atoms with E-state index in [2.05, 4.69) is 6.92 Å². The van der Waals surface area contributed by atoms with E-state index in [0.717, 1.165) is 12.5 Å². The second-order valence-electron chi connectivity index (χ2n) is 5.12. The topological polar surface area (TPSA) is 27.7 Å². The summed E-state index contributed by atoms with van der Waals surface area (Å²) in [6.07, 6.45) is 4.87. The standard InChI is InChI=1S/C12H28O3Si/c1-7-8-9-10-11-16(13-5,14-6)15-12(2,3)4/h7-11H2,1-6H3. The Bertz CT molecular complexity index is 174. The zero-order valence-corrected chi connectivity index (χ0v) is 12.8. The van der Waals surface area contributed by atoms with Gasteiger partial charge in [-0.2, -0.15) is 0 Å². The van der Waals surface area contributed by atoms with Gasteiger partial charge in [-0.1, -0.05) is 26.2 Å². The van der Waals surface area contributed by atoms with Crippen LogP contribution in [0.4, 0.5) is 0 Å². The van der Waals surface area contributed by atoms with E-state index < -0.39 is 8.80 Å². The van der Waals surface area contributed by atoms with Crippen LogP contribution >= 0.6 is 0 Å². The lowest BCUT2D eigenvalue weighted by molar-refractivity contribution is 0.0161. The van der Waals surface area contributed by atoms with Crippen molar-refractivity contribution in [1.82, 2.24) is 0 Å². The largest absolute Gasteiger partial charge is 0.500 e. The van der Waals surface area contributed by atoms with E-state index in [1.807, 2.05) is 20.8 Å². The third kappa shape index (κ3) is 6.63.